The summed E-state index contributed by atoms with van der Waals surface area (Å²) in [5.74, 6) is 1.08. The summed E-state index contributed by atoms with van der Waals surface area (Å²) >= 11 is 0. The van der Waals surface area contributed by atoms with Gasteiger partial charge in [-0.3, -0.25) is 9.10 Å². The highest BCUT2D eigenvalue weighted by Gasteiger charge is 2.35. The molecule has 0 saturated carbocycles. The van der Waals surface area contributed by atoms with Crippen LogP contribution in [0.25, 0.3) is 0 Å². The first kappa shape index (κ1) is 20.8. The van der Waals surface area contributed by atoms with Gasteiger partial charge in [-0.25, -0.2) is 8.42 Å². The molecule has 2 aromatic carbocycles. The van der Waals surface area contributed by atoms with Crippen LogP contribution in [0.5, 0.6) is 17.2 Å². The number of carbonyl (C=O) groups is 1. The average molecular weight is 420 g/mol. The molecule has 29 heavy (non-hydrogen) atoms. The number of sulfonamides is 1. The SMILES string of the molecule is COc1ccc([C@H](C)NC(=O)[C@@H]2CN(S(C)(=O)=O)c3ccccc3O2)cc1OC. The van der Waals surface area contributed by atoms with Gasteiger partial charge in [-0.05, 0) is 36.8 Å². The molecule has 2 atom stereocenters. The van der Waals surface area contributed by atoms with Gasteiger partial charge in [-0.15, -0.1) is 0 Å². The van der Waals surface area contributed by atoms with E-state index in [9.17, 15) is 13.2 Å². The maximum absolute atomic E-state index is 12.8. The number of methoxy groups -OCH3 is 2. The number of nitrogens with zero attached hydrogens (tertiary/aromatic N) is 1. The molecule has 0 unspecified atom stereocenters. The van der Waals surface area contributed by atoms with Crippen LogP contribution in [-0.4, -0.2) is 47.4 Å². The minimum atomic E-state index is -3.56. The zero-order valence-electron chi connectivity index (χ0n) is 16.7. The molecule has 2 aromatic rings. The summed E-state index contributed by atoms with van der Waals surface area (Å²) in [6.45, 7) is 1.73. The summed E-state index contributed by atoms with van der Waals surface area (Å²) in [4.78, 5) is 12.8. The summed E-state index contributed by atoms with van der Waals surface area (Å²) in [6, 6.07) is 11.8. The highest BCUT2D eigenvalue weighted by atomic mass is 32.2. The summed E-state index contributed by atoms with van der Waals surface area (Å²) in [7, 11) is -0.470. The first-order valence-electron chi connectivity index (χ1n) is 9.00. The lowest BCUT2D eigenvalue weighted by Gasteiger charge is -2.34. The van der Waals surface area contributed by atoms with E-state index in [1.54, 1.807) is 43.5 Å². The first-order chi connectivity index (χ1) is 13.7. The maximum atomic E-state index is 12.8. The number of ether oxygens (including phenoxy) is 3. The molecular weight excluding hydrogens is 396 g/mol. The summed E-state index contributed by atoms with van der Waals surface area (Å²) in [5, 5.41) is 2.88. The number of amides is 1. The van der Waals surface area contributed by atoms with Crippen molar-refractivity contribution in [1.82, 2.24) is 5.32 Å². The van der Waals surface area contributed by atoms with E-state index in [0.717, 1.165) is 11.8 Å². The van der Waals surface area contributed by atoms with Crippen LogP contribution in [0, 0.1) is 0 Å². The van der Waals surface area contributed by atoms with E-state index in [2.05, 4.69) is 5.32 Å². The van der Waals surface area contributed by atoms with Crippen LogP contribution in [0.1, 0.15) is 18.5 Å². The molecule has 0 fully saturated rings. The fourth-order valence-corrected chi connectivity index (χ4v) is 4.08. The van der Waals surface area contributed by atoms with Crippen LogP contribution >= 0.6 is 0 Å². The van der Waals surface area contributed by atoms with Crippen LogP contribution in [0.4, 0.5) is 5.69 Å². The Bertz CT molecular complexity index is 1010. The molecular formula is C20H24N2O6S. The largest absolute Gasteiger partial charge is 0.493 e. The molecule has 1 heterocycles. The van der Waals surface area contributed by atoms with Crippen LogP contribution < -0.4 is 23.8 Å². The van der Waals surface area contributed by atoms with E-state index in [1.165, 1.54) is 11.4 Å². The van der Waals surface area contributed by atoms with Crippen molar-refractivity contribution in [1.29, 1.82) is 0 Å². The number of benzene rings is 2. The van der Waals surface area contributed by atoms with E-state index in [-0.39, 0.29) is 12.6 Å². The van der Waals surface area contributed by atoms with Crippen molar-refractivity contribution in [3.8, 4) is 17.2 Å². The Labute approximate surface area is 170 Å². The second-order valence-corrected chi connectivity index (χ2v) is 8.62. The highest BCUT2D eigenvalue weighted by molar-refractivity contribution is 7.92. The molecule has 1 aliphatic rings. The van der Waals surface area contributed by atoms with Crippen molar-refractivity contribution in [2.24, 2.45) is 0 Å². The van der Waals surface area contributed by atoms with Gasteiger partial charge in [-0.1, -0.05) is 18.2 Å². The van der Waals surface area contributed by atoms with Crippen LogP contribution in [0.15, 0.2) is 42.5 Å². The van der Waals surface area contributed by atoms with Gasteiger partial charge in [0, 0.05) is 0 Å². The molecule has 0 spiro atoms. The Kier molecular flexibility index (Phi) is 5.88. The zero-order chi connectivity index (χ0) is 21.2. The van der Waals surface area contributed by atoms with Gasteiger partial charge >= 0.3 is 0 Å². The molecule has 0 aliphatic carbocycles. The van der Waals surface area contributed by atoms with Gasteiger partial charge in [0.1, 0.15) is 5.75 Å². The Morgan fingerprint density at radius 1 is 1.17 bits per heavy atom. The minimum Gasteiger partial charge on any atom is -0.493 e. The zero-order valence-corrected chi connectivity index (χ0v) is 17.5. The fraction of sp³-hybridized carbons (Fsp3) is 0.350. The van der Waals surface area contributed by atoms with Crippen molar-refractivity contribution in [2.45, 2.75) is 19.1 Å². The van der Waals surface area contributed by atoms with Crippen molar-refractivity contribution in [3.63, 3.8) is 0 Å². The standard InChI is InChI=1S/C20H24N2O6S/c1-13(14-9-10-17(26-2)18(11-14)27-3)21-20(23)19-12-22(29(4,24)25)15-7-5-6-8-16(15)28-19/h5-11,13,19H,12H2,1-4H3,(H,21,23)/t13-,19-/m0/s1. The summed E-state index contributed by atoms with van der Waals surface area (Å²) in [6.07, 6.45) is 0.137. The van der Waals surface area contributed by atoms with Gasteiger partial charge in [0.05, 0.1) is 38.7 Å². The second kappa shape index (κ2) is 8.20. The van der Waals surface area contributed by atoms with Gasteiger partial charge in [-0.2, -0.15) is 0 Å². The lowest BCUT2D eigenvalue weighted by molar-refractivity contribution is -0.128. The lowest BCUT2D eigenvalue weighted by atomic mass is 10.1. The van der Waals surface area contributed by atoms with Crippen molar-refractivity contribution < 1.29 is 27.4 Å². The lowest BCUT2D eigenvalue weighted by Crippen LogP contribution is -2.50. The highest BCUT2D eigenvalue weighted by Crippen LogP contribution is 2.35. The quantitative estimate of drug-likeness (QED) is 0.769. The number of rotatable bonds is 6. The predicted octanol–water partition coefficient (Wildman–Crippen LogP) is 2.11. The fourth-order valence-electron chi connectivity index (χ4n) is 3.16. The number of para-hydroxylation sites is 2. The molecule has 9 heteroatoms. The summed E-state index contributed by atoms with van der Waals surface area (Å²) in [5.41, 5.74) is 1.24. The Morgan fingerprint density at radius 3 is 2.52 bits per heavy atom. The number of fused-ring (bicyclic) bond motifs is 1. The van der Waals surface area contributed by atoms with Crippen LogP contribution in [0.2, 0.25) is 0 Å². The smallest absolute Gasteiger partial charge is 0.263 e. The average Bonchev–Trinajstić information content (AvgIpc) is 2.71. The number of hydrogen-bond donors (Lipinski definition) is 1. The number of nitrogens with one attached hydrogen (secondary N) is 1. The van der Waals surface area contributed by atoms with Gasteiger partial charge in [0.15, 0.2) is 17.6 Å². The topological polar surface area (TPSA) is 94.2 Å². The minimum absolute atomic E-state index is 0.0969. The van der Waals surface area contributed by atoms with Crippen molar-refractivity contribution in [3.05, 3.63) is 48.0 Å². The molecule has 1 amide bonds. The van der Waals surface area contributed by atoms with E-state index >= 15 is 0 Å². The normalized spacial score (nSPS) is 17.0. The van der Waals surface area contributed by atoms with Gasteiger partial charge in [0.2, 0.25) is 10.0 Å². The molecule has 0 bridgehead atoms. The van der Waals surface area contributed by atoms with E-state index in [0.29, 0.717) is 22.9 Å². The van der Waals surface area contributed by atoms with E-state index < -0.39 is 22.0 Å². The van der Waals surface area contributed by atoms with E-state index in [4.69, 9.17) is 14.2 Å². The Morgan fingerprint density at radius 2 is 1.86 bits per heavy atom. The molecule has 1 aliphatic heterocycles. The van der Waals surface area contributed by atoms with Crippen molar-refractivity contribution in [2.75, 3.05) is 31.3 Å². The third-order valence-corrected chi connectivity index (χ3v) is 5.84. The predicted molar refractivity (Wildman–Crippen MR) is 109 cm³/mol. The molecule has 1 N–H and O–H groups in total. The molecule has 0 radical (unpaired) electrons. The molecule has 0 aromatic heterocycles. The summed E-state index contributed by atoms with van der Waals surface area (Å²) < 4.78 is 41.9. The van der Waals surface area contributed by atoms with Crippen molar-refractivity contribution >= 4 is 21.6 Å². The molecule has 156 valence electrons. The number of anilines is 1. The second-order valence-electron chi connectivity index (χ2n) is 6.71. The van der Waals surface area contributed by atoms with Gasteiger partial charge < -0.3 is 19.5 Å². The molecule has 0 saturated heterocycles. The third-order valence-electron chi connectivity index (χ3n) is 4.69. The third kappa shape index (κ3) is 4.40. The molecule has 3 rings (SSSR count). The maximum Gasteiger partial charge on any atom is 0.263 e. The van der Waals surface area contributed by atoms with Gasteiger partial charge in [0.25, 0.3) is 5.91 Å². The Balaban J connectivity index is 1.79. The van der Waals surface area contributed by atoms with Crippen LogP contribution in [0.3, 0.4) is 0 Å². The van der Waals surface area contributed by atoms with Crippen LogP contribution in [-0.2, 0) is 14.8 Å². The monoisotopic (exact) mass is 420 g/mol. The van der Waals surface area contributed by atoms with E-state index in [1.807, 2.05) is 13.0 Å². The Hall–Kier alpha value is -2.94. The molecule has 8 nitrogen and oxygen atoms in total. The first-order valence-corrected chi connectivity index (χ1v) is 10.8. The number of carbonyl (C=O) groups excluding carboxylic acids is 1. The number of hydrogen-bond acceptors (Lipinski definition) is 6.